The zero-order valence-corrected chi connectivity index (χ0v) is 20.5. The fraction of sp³-hybridized carbons (Fsp3) is 0.208. The first kappa shape index (κ1) is 24.6. The number of nitrogens with zero attached hydrogens (tertiary/aromatic N) is 5. The highest BCUT2D eigenvalue weighted by Crippen LogP contribution is 2.27. The Morgan fingerprint density at radius 3 is 2.57 bits per heavy atom. The van der Waals surface area contributed by atoms with Crippen molar-refractivity contribution in [3.63, 3.8) is 0 Å². The van der Waals surface area contributed by atoms with Crippen molar-refractivity contribution in [1.82, 2.24) is 24.5 Å². The minimum Gasteiger partial charge on any atom is -0.470 e. The molecule has 35 heavy (non-hydrogen) atoms. The Labute approximate surface area is 207 Å². The molecule has 1 aromatic carbocycles. The molecule has 0 atom stereocenters. The molecule has 0 aliphatic carbocycles. The van der Waals surface area contributed by atoms with Gasteiger partial charge in [-0.2, -0.15) is 9.37 Å². The first-order valence-corrected chi connectivity index (χ1v) is 11.2. The Hall–Kier alpha value is -3.57. The predicted molar refractivity (Wildman–Crippen MR) is 127 cm³/mol. The van der Waals surface area contributed by atoms with Crippen molar-refractivity contribution < 1.29 is 18.6 Å². The van der Waals surface area contributed by atoms with E-state index in [-0.39, 0.29) is 28.5 Å². The third-order valence-electron chi connectivity index (χ3n) is 4.96. The molecule has 3 aromatic heterocycles. The summed E-state index contributed by atoms with van der Waals surface area (Å²) in [5, 5.41) is 10.2. The third-order valence-corrected chi connectivity index (χ3v) is 5.64. The van der Waals surface area contributed by atoms with Crippen LogP contribution in [0.3, 0.4) is 0 Å². The molecule has 0 saturated carbocycles. The predicted octanol–water partition coefficient (Wildman–Crippen LogP) is 4.24. The van der Waals surface area contributed by atoms with E-state index < -0.39 is 22.9 Å². The van der Waals surface area contributed by atoms with Gasteiger partial charge in [0.2, 0.25) is 11.8 Å². The van der Waals surface area contributed by atoms with Crippen molar-refractivity contribution in [2.24, 2.45) is 0 Å². The molecule has 11 heteroatoms. The van der Waals surface area contributed by atoms with Crippen LogP contribution in [-0.2, 0) is 12.2 Å². The van der Waals surface area contributed by atoms with Gasteiger partial charge in [0.25, 0.3) is 5.56 Å². The van der Waals surface area contributed by atoms with Crippen molar-refractivity contribution in [2.45, 2.75) is 33.0 Å². The van der Waals surface area contributed by atoms with Gasteiger partial charge in [-0.05, 0) is 61.0 Å². The van der Waals surface area contributed by atoms with Crippen LogP contribution < -0.4 is 10.3 Å². The van der Waals surface area contributed by atoms with Gasteiger partial charge in [0, 0.05) is 5.56 Å². The topological polar surface area (TPSA) is 103 Å². The maximum Gasteiger partial charge on any atom is 0.276 e. The second-order valence-corrected chi connectivity index (χ2v) is 8.95. The van der Waals surface area contributed by atoms with Crippen molar-refractivity contribution in [2.75, 3.05) is 0 Å². The molecule has 0 fully saturated rings. The second kappa shape index (κ2) is 9.59. The summed E-state index contributed by atoms with van der Waals surface area (Å²) in [4.78, 5) is 29.3. The van der Waals surface area contributed by atoms with E-state index in [0.29, 0.717) is 22.8 Å². The average Bonchev–Trinajstić information content (AvgIpc) is 2.80. The lowest BCUT2D eigenvalue weighted by Gasteiger charge is -2.17. The molecule has 0 aliphatic rings. The fourth-order valence-corrected chi connectivity index (χ4v) is 3.69. The summed E-state index contributed by atoms with van der Waals surface area (Å²) in [6, 6.07) is 10.8. The highest BCUT2D eigenvalue weighted by molar-refractivity contribution is 9.10. The Bertz CT molecular complexity index is 1470. The number of rotatable bonds is 6. The average molecular weight is 544 g/mol. The van der Waals surface area contributed by atoms with E-state index in [1.165, 1.54) is 30.5 Å². The normalized spacial score (nSPS) is 11.5. The lowest BCUT2D eigenvalue weighted by atomic mass is 10.1. The molecule has 4 aromatic rings. The summed E-state index contributed by atoms with van der Waals surface area (Å²) in [5.41, 5.74) is -0.701. The fourth-order valence-electron chi connectivity index (χ4n) is 3.31. The monoisotopic (exact) mass is 543 g/mol. The van der Waals surface area contributed by atoms with E-state index in [1.54, 1.807) is 37.3 Å². The number of aromatic nitrogens is 5. The molecule has 0 radical (unpaired) electrons. The molecule has 0 unspecified atom stereocenters. The van der Waals surface area contributed by atoms with Gasteiger partial charge in [0.1, 0.15) is 28.2 Å². The standard InChI is InChI=1S/C24H20BrF2N5O3/c1-13-29-21(35-12-15-7-5-9-18(27)30-15)19(25)22(33)32(13)16-8-4-6-14(10-16)20-17(26)11-28-23(31-20)24(2,3)34/h4-11,34H,12H2,1-3H3. The summed E-state index contributed by atoms with van der Waals surface area (Å²) < 4.78 is 34.9. The van der Waals surface area contributed by atoms with E-state index in [0.717, 1.165) is 6.20 Å². The van der Waals surface area contributed by atoms with Gasteiger partial charge in [-0.3, -0.25) is 9.36 Å². The maximum atomic E-state index is 14.6. The number of benzene rings is 1. The van der Waals surface area contributed by atoms with E-state index in [4.69, 9.17) is 4.74 Å². The van der Waals surface area contributed by atoms with Crippen molar-refractivity contribution in [1.29, 1.82) is 0 Å². The molecule has 1 N–H and O–H groups in total. The molecule has 0 amide bonds. The summed E-state index contributed by atoms with van der Waals surface area (Å²) in [7, 11) is 0. The molecule has 3 heterocycles. The second-order valence-electron chi connectivity index (χ2n) is 8.16. The Balaban J connectivity index is 1.71. The van der Waals surface area contributed by atoms with Crippen LogP contribution in [0.25, 0.3) is 16.9 Å². The third kappa shape index (κ3) is 5.25. The lowest BCUT2D eigenvalue weighted by molar-refractivity contribution is 0.0686. The quantitative estimate of drug-likeness (QED) is 0.363. The van der Waals surface area contributed by atoms with Crippen LogP contribution in [0, 0.1) is 18.7 Å². The maximum absolute atomic E-state index is 14.6. The van der Waals surface area contributed by atoms with Crippen LogP contribution in [0.15, 0.2) is 57.9 Å². The lowest BCUT2D eigenvalue weighted by Crippen LogP contribution is -2.24. The van der Waals surface area contributed by atoms with Gasteiger partial charge in [-0.15, -0.1) is 0 Å². The van der Waals surface area contributed by atoms with Gasteiger partial charge in [0.05, 0.1) is 17.6 Å². The smallest absolute Gasteiger partial charge is 0.276 e. The van der Waals surface area contributed by atoms with Crippen LogP contribution in [0.1, 0.15) is 31.2 Å². The number of halogens is 3. The molecule has 0 saturated heterocycles. The molecule has 8 nitrogen and oxygen atoms in total. The Morgan fingerprint density at radius 1 is 1.11 bits per heavy atom. The van der Waals surface area contributed by atoms with Crippen LogP contribution in [0.5, 0.6) is 5.88 Å². The zero-order chi connectivity index (χ0) is 25.3. The largest absolute Gasteiger partial charge is 0.470 e. The SMILES string of the molecule is Cc1nc(OCc2cccc(F)n2)c(Br)c(=O)n1-c1cccc(-c2nc(C(C)(C)O)ncc2F)c1. The van der Waals surface area contributed by atoms with Crippen LogP contribution >= 0.6 is 15.9 Å². The number of pyridine rings is 1. The summed E-state index contributed by atoms with van der Waals surface area (Å²) in [6.07, 6.45) is 0.997. The Morgan fingerprint density at radius 2 is 1.86 bits per heavy atom. The highest BCUT2D eigenvalue weighted by Gasteiger charge is 2.22. The number of aliphatic hydroxyl groups is 1. The van der Waals surface area contributed by atoms with Crippen LogP contribution in [0.2, 0.25) is 0 Å². The van der Waals surface area contributed by atoms with E-state index in [9.17, 15) is 18.7 Å². The van der Waals surface area contributed by atoms with Crippen molar-refractivity contribution >= 4 is 15.9 Å². The van der Waals surface area contributed by atoms with Gasteiger partial charge < -0.3 is 9.84 Å². The van der Waals surface area contributed by atoms with Crippen molar-refractivity contribution in [3.8, 4) is 22.8 Å². The van der Waals surface area contributed by atoms with Gasteiger partial charge in [-0.1, -0.05) is 18.2 Å². The molecular weight excluding hydrogens is 524 g/mol. The first-order valence-electron chi connectivity index (χ1n) is 10.4. The summed E-state index contributed by atoms with van der Waals surface area (Å²) in [5.74, 6) is -0.917. The molecule has 4 rings (SSSR count). The van der Waals surface area contributed by atoms with Crippen molar-refractivity contribution in [3.05, 3.63) is 92.6 Å². The minimum atomic E-state index is -1.36. The van der Waals surface area contributed by atoms with E-state index >= 15 is 0 Å². The van der Waals surface area contributed by atoms with Gasteiger partial charge in [-0.25, -0.2) is 19.3 Å². The van der Waals surface area contributed by atoms with E-state index in [1.807, 2.05) is 0 Å². The molecule has 0 aliphatic heterocycles. The molecule has 0 bridgehead atoms. The summed E-state index contributed by atoms with van der Waals surface area (Å²) >= 11 is 3.23. The Kier molecular flexibility index (Phi) is 6.73. The molecular formula is C24H20BrF2N5O3. The van der Waals surface area contributed by atoms with Gasteiger partial charge >= 0.3 is 0 Å². The first-order chi connectivity index (χ1) is 16.5. The number of hydrogen-bond acceptors (Lipinski definition) is 7. The molecule has 0 spiro atoms. The van der Waals surface area contributed by atoms with E-state index in [2.05, 4.69) is 35.9 Å². The molecule has 180 valence electrons. The number of aryl methyl sites for hydroxylation is 1. The summed E-state index contributed by atoms with van der Waals surface area (Å²) in [6.45, 7) is 4.53. The van der Waals surface area contributed by atoms with Crippen LogP contribution in [0.4, 0.5) is 8.78 Å². The highest BCUT2D eigenvalue weighted by atomic mass is 79.9. The number of hydrogen-bond donors (Lipinski definition) is 1. The van der Waals surface area contributed by atoms with Crippen LogP contribution in [-0.4, -0.2) is 29.6 Å². The minimum absolute atomic E-state index is 0.0146. The zero-order valence-electron chi connectivity index (χ0n) is 19.0. The van der Waals surface area contributed by atoms with Gasteiger partial charge in [0.15, 0.2) is 11.6 Å². The number of ether oxygens (including phenoxy) is 1.